The van der Waals surface area contributed by atoms with Gasteiger partial charge in [0.05, 0.1) is 5.69 Å². The molecule has 1 N–H and O–H groups in total. The summed E-state index contributed by atoms with van der Waals surface area (Å²) in [7, 11) is 1.95. The predicted molar refractivity (Wildman–Crippen MR) is 67.2 cm³/mol. The molecule has 0 bridgehead atoms. The van der Waals surface area contributed by atoms with Gasteiger partial charge in [-0.1, -0.05) is 36.4 Å². The van der Waals surface area contributed by atoms with Gasteiger partial charge in [0.1, 0.15) is 0 Å². The number of hydrogen-bond acceptors (Lipinski definition) is 2. The molecule has 0 atom stereocenters. The highest BCUT2D eigenvalue weighted by atomic mass is 14.8. The van der Waals surface area contributed by atoms with Crippen molar-refractivity contribution in [2.45, 2.75) is 13.5 Å². The molecule has 1 heterocycles. The average Bonchev–Trinajstić information content (AvgIpc) is 2.33. The molecule has 1 aromatic carbocycles. The zero-order chi connectivity index (χ0) is 11.4. The number of aryl methyl sites for hydroxylation is 1. The quantitative estimate of drug-likeness (QED) is 0.846. The number of rotatable bonds is 3. The van der Waals surface area contributed by atoms with Crippen LogP contribution in [-0.2, 0) is 6.54 Å². The van der Waals surface area contributed by atoms with E-state index < -0.39 is 0 Å². The Bertz CT molecular complexity index is 463. The lowest BCUT2D eigenvalue weighted by Gasteiger charge is -2.07. The van der Waals surface area contributed by atoms with E-state index in [1.54, 1.807) is 0 Å². The van der Waals surface area contributed by atoms with E-state index in [9.17, 15) is 0 Å². The van der Waals surface area contributed by atoms with Gasteiger partial charge in [-0.3, -0.25) is 4.98 Å². The zero-order valence-electron chi connectivity index (χ0n) is 9.70. The minimum absolute atomic E-state index is 0.869. The third kappa shape index (κ3) is 2.28. The number of benzene rings is 1. The van der Waals surface area contributed by atoms with E-state index >= 15 is 0 Å². The van der Waals surface area contributed by atoms with Gasteiger partial charge in [0, 0.05) is 17.8 Å². The molecular weight excluding hydrogens is 196 g/mol. The lowest BCUT2D eigenvalue weighted by molar-refractivity contribution is 0.805. The SMILES string of the molecule is CNCc1ccc(-c2ccccc2)nc1C. The van der Waals surface area contributed by atoms with Crippen LogP contribution in [0.4, 0.5) is 0 Å². The molecule has 0 unspecified atom stereocenters. The van der Waals surface area contributed by atoms with Crippen LogP contribution in [0.2, 0.25) is 0 Å². The Morgan fingerprint density at radius 3 is 2.44 bits per heavy atom. The van der Waals surface area contributed by atoms with Gasteiger partial charge in [0.25, 0.3) is 0 Å². The Hall–Kier alpha value is -1.67. The molecule has 0 fully saturated rings. The van der Waals surface area contributed by atoms with Crippen molar-refractivity contribution in [3.8, 4) is 11.3 Å². The van der Waals surface area contributed by atoms with Crippen molar-refractivity contribution in [2.75, 3.05) is 7.05 Å². The smallest absolute Gasteiger partial charge is 0.0705 e. The highest BCUT2D eigenvalue weighted by Crippen LogP contribution is 2.18. The molecule has 0 amide bonds. The minimum atomic E-state index is 0.869. The van der Waals surface area contributed by atoms with Crippen molar-refractivity contribution >= 4 is 0 Å². The first-order chi connectivity index (χ1) is 7.81. The van der Waals surface area contributed by atoms with Crippen molar-refractivity contribution in [1.82, 2.24) is 10.3 Å². The van der Waals surface area contributed by atoms with Crippen LogP contribution >= 0.6 is 0 Å². The molecule has 2 heteroatoms. The van der Waals surface area contributed by atoms with Gasteiger partial charge in [0.15, 0.2) is 0 Å². The van der Waals surface area contributed by atoms with Gasteiger partial charge in [-0.05, 0) is 25.6 Å². The molecule has 2 rings (SSSR count). The maximum absolute atomic E-state index is 4.62. The largest absolute Gasteiger partial charge is 0.316 e. The molecule has 0 spiro atoms. The summed E-state index contributed by atoms with van der Waals surface area (Å²) in [5.41, 5.74) is 4.55. The summed E-state index contributed by atoms with van der Waals surface area (Å²) in [6.07, 6.45) is 0. The normalized spacial score (nSPS) is 10.4. The van der Waals surface area contributed by atoms with Crippen LogP contribution in [-0.4, -0.2) is 12.0 Å². The Balaban J connectivity index is 2.35. The van der Waals surface area contributed by atoms with Crippen LogP contribution < -0.4 is 5.32 Å². The molecule has 2 aromatic rings. The van der Waals surface area contributed by atoms with Gasteiger partial charge in [0.2, 0.25) is 0 Å². The second-order valence-corrected chi connectivity index (χ2v) is 3.84. The lowest BCUT2D eigenvalue weighted by Crippen LogP contribution is -2.07. The van der Waals surface area contributed by atoms with E-state index in [4.69, 9.17) is 0 Å². The summed E-state index contributed by atoms with van der Waals surface area (Å²) in [6, 6.07) is 14.5. The average molecular weight is 212 g/mol. The highest BCUT2D eigenvalue weighted by molar-refractivity contribution is 5.59. The van der Waals surface area contributed by atoms with Crippen LogP contribution in [0.1, 0.15) is 11.3 Å². The van der Waals surface area contributed by atoms with E-state index in [1.807, 2.05) is 25.2 Å². The Labute approximate surface area is 96.4 Å². The van der Waals surface area contributed by atoms with Crippen LogP contribution in [0.5, 0.6) is 0 Å². The first kappa shape index (κ1) is 10.8. The summed E-state index contributed by atoms with van der Waals surface area (Å²) in [6.45, 7) is 2.92. The Morgan fingerprint density at radius 1 is 1.06 bits per heavy atom. The highest BCUT2D eigenvalue weighted by Gasteiger charge is 2.02. The van der Waals surface area contributed by atoms with Gasteiger partial charge >= 0.3 is 0 Å². The van der Waals surface area contributed by atoms with Gasteiger partial charge in [-0.15, -0.1) is 0 Å². The number of pyridine rings is 1. The zero-order valence-corrected chi connectivity index (χ0v) is 9.70. The minimum Gasteiger partial charge on any atom is -0.316 e. The fraction of sp³-hybridized carbons (Fsp3) is 0.214. The molecule has 0 aliphatic carbocycles. The number of nitrogens with one attached hydrogen (secondary N) is 1. The van der Waals surface area contributed by atoms with Gasteiger partial charge < -0.3 is 5.32 Å². The molecule has 0 aliphatic heterocycles. The molecule has 0 saturated heterocycles. The van der Waals surface area contributed by atoms with E-state index in [1.165, 1.54) is 11.1 Å². The summed E-state index contributed by atoms with van der Waals surface area (Å²) in [5, 5.41) is 3.14. The predicted octanol–water partition coefficient (Wildman–Crippen LogP) is 2.78. The van der Waals surface area contributed by atoms with Crippen LogP contribution in [0.25, 0.3) is 11.3 Å². The van der Waals surface area contributed by atoms with Crippen molar-refractivity contribution in [1.29, 1.82) is 0 Å². The molecule has 2 nitrogen and oxygen atoms in total. The summed E-state index contributed by atoms with van der Waals surface area (Å²) in [4.78, 5) is 4.62. The number of hydrogen-bond donors (Lipinski definition) is 1. The molecule has 16 heavy (non-hydrogen) atoms. The van der Waals surface area contributed by atoms with Crippen LogP contribution in [0.15, 0.2) is 42.5 Å². The van der Waals surface area contributed by atoms with Crippen molar-refractivity contribution in [3.63, 3.8) is 0 Å². The monoisotopic (exact) mass is 212 g/mol. The first-order valence-electron chi connectivity index (χ1n) is 5.48. The Morgan fingerprint density at radius 2 is 1.81 bits per heavy atom. The second-order valence-electron chi connectivity index (χ2n) is 3.84. The third-order valence-electron chi connectivity index (χ3n) is 2.63. The lowest BCUT2D eigenvalue weighted by atomic mass is 10.1. The summed E-state index contributed by atoms with van der Waals surface area (Å²) in [5.74, 6) is 0. The van der Waals surface area contributed by atoms with E-state index in [-0.39, 0.29) is 0 Å². The molecule has 82 valence electrons. The van der Waals surface area contributed by atoms with Gasteiger partial charge in [-0.2, -0.15) is 0 Å². The number of nitrogens with zero attached hydrogens (tertiary/aromatic N) is 1. The summed E-state index contributed by atoms with van der Waals surface area (Å²) >= 11 is 0. The first-order valence-corrected chi connectivity index (χ1v) is 5.48. The topological polar surface area (TPSA) is 24.9 Å². The maximum Gasteiger partial charge on any atom is 0.0705 e. The van der Waals surface area contributed by atoms with Crippen molar-refractivity contribution in [3.05, 3.63) is 53.7 Å². The van der Waals surface area contributed by atoms with E-state index in [2.05, 4.69) is 41.5 Å². The molecule has 0 aliphatic rings. The van der Waals surface area contributed by atoms with Crippen molar-refractivity contribution in [2.24, 2.45) is 0 Å². The molecule has 1 aromatic heterocycles. The van der Waals surface area contributed by atoms with E-state index in [0.29, 0.717) is 0 Å². The molecule has 0 radical (unpaired) electrons. The Kier molecular flexibility index (Phi) is 3.32. The maximum atomic E-state index is 4.62. The van der Waals surface area contributed by atoms with Crippen molar-refractivity contribution < 1.29 is 0 Å². The molecular formula is C14H16N2. The molecule has 0 saturated carbocycles. The van der Waals surface area contributed by atoms with Crippen LogP contribution in [0, 0.1) is 6.92 Å². The third-order valence-corrected chi connectivity index (χ3v) is 2.63. The fourth-order valence-electron chi connectivity index (χ4n) is 1.74. The van der Waals surface area contributed by atoms with Crippen LogP contribution in [0.3, 0.4) is 0 Å². The van der Waals surface area contributed by atoms with E-state index in [0.717, 1.165) is 17.9 Å². The standard InChI is InChI=1S/C14H16N2/c1-11-13(10-15-2)8-9-14(16-11)12-6-4-3-5-7-12/h3-9,15H,10H2,1-2H3. The van der Waals surface area contributed by atoms with Gasteiger partial charge in [-0.25, -0.2) is 0 Å². The summed E-state index contributed by atoms with van der Waals surface area (Å²) < 4.78 is 0. The number of aromatic nitrogens is 1. The fourth-order valence-corrected chi connectivity index (χ4v) is 1.74. The second kappa shape index (κ2) is 4.90.